The molecule has 0 unspecified atom stereocenters. The summed E-state index contributed by atoms with van der Waals surface area (Å²) in [6, 6.07) is 10.4. The third-order valence-electron chi connectivity index (χ3n) is 3.67. The van der Waals surface area contributed by atoms with Gasteiger partial charge >= 0.3 is 6.01 Å². The molecule has 7 nitrogen and oxygen atoms in total. The molecule has 0 atom stereocenters. The zero-order valence-corrected chi connectivity index (χ0v) is 12.9. The van der Waals surface area contributed by atoms with Crippen molar-refractivity contribution in [3.8, 4) is 34.3 Å². The highest BCUT2D eigenvalue weighted by molar-refractivity contribution is 5.62. The van der Waals surface area contributed by atoms with Gasteiger partial charge in [-0.05, 0) is 23.8 Å². The van der Waals surface area contributed by atoms with Crippen LogP contribution < -0.4 is 4.74 Å². The van der Waals surface area contributed by atoms with E-state index >= 15 is 0 Å². The molecule has 1 aromatic carbocycles. The minimum absolute atomic E-state index is 0.334. The largest absolute Gasteiger partial charge is 0.467 e. The van der Waals surface area contributed by atoms with Crippen LogP contribution in [0.2, 0.25) is 0 Å². The number of hydrogen-bond acceptors (Lipinski definition) is 5. The van der Waals surface area contributed by atoms with E-state index in [1.165, 1.54) is 7.11 Å². The van der Waals surface area contributed by atoms with E-state index in [0.717, 1.165) is 28.3 Å². The molecule has 0 saturated heterocycles. The highest BCUT2D eigenvalue weighted by Crippen LogP contribution is 2.23. The second-order valence-electron chi connectivity index (χ2n) is 5.10. The molecule has 118 valence electrons. The van der Waals surface area contributed by atoms with Crippen molar-refractivity contribution in [2.24, 2.45) is 0 Å². The van der Waals surface area contributed by atoms with Crippen LogP contribution in [0.4, 0.5) is 0 Å². The molecule has 0 radical (unpaired) electrons. The Hall–Kier alpha value is -3.48. The number of nitrogens with one attached hydrogen (secondary N) is 1. The van der Waals surface area contributed by atoms with Crippen molar-refractivity contribution in [3.05, 3.63) is 61.3 Å². The number of nitrogens with zero attached hydrogens (tertiary/aromatic N) is 5. The molecular weight excluding hydrogens is 304 g/mol. The Morgan fingerprint density at radius 1 is 0.917 bits per heavy atom. The number of rotatable bonds is 4. The van der Waals surface area contributed by atoms with Crippen LogP contribution in [0.25, 0.3) is 28.3 Å². The predicted molar refractivity (Wildman–Crippen MR) is 88.7 cm³/mol. The minimum atomic E-state index is 0.334. The fraction of sp³-hybridized carbons (Fsp3) is 0.0588. The van der Waals surface area contributed by atoms with Crippen molar-refractivity contribution in [1.29, 1.82) is 0 Å². The van der Waals surface area contributed by atoms with E-state index in [1.54, 1.807) is 24.8 Å². The maximum atomic E-state index is 4.99. The summed E-state index contributed by atoms with van der Waals surface area (Å²) in [4.78, 5) is 12.7. The number of hydrogen-bond donors (Lipinski definition) is 1. The Bertz CT molecular complexity index is 926. The first kappa shape index (κ1) is 14.1. The smallest absolute Gasteiger partial charge is 0.316 e. The fourth-order valence-electron chi connectivity index (χ4n) is 2.48. The topological polar surface area (TPSA) is 81.5 Å². The predicted octanol–water partition coefficient (Wildman–Crippen LogP) is 2.73. The maximum absolute atomic E-state index is 4.99. The quantitative estimate of drug-likeness (QED) is 0.625. The number of imidazole rings is 1. The molecule has 1 N–H and O–H groups in total. The van der Waals surface area contributed by atoms with Gasteiger partial charge in [-0.2, -0.15) is 5.10 Å². The zero-order chi connectivity index (χ0) is 16.4. The summed E-state index contributed by atoms with van der Waals surface area (Å²) in [5, 5.41) is 6.93. The Labute approximate surface area is 138 Å². The molecule has 3 aromatic heterocycles. The van der Waals surface area contributed by atoms with E-state index in [4.69, 9.17) is 4.74 Å². The number of aromatic nitrogens is 6. The van der Waals surface area contributed by atoms with Gasteiger partial charge in [-0.25, -0.2) is 15.0 Å². The Morgan fingerprint density at radius 2 is 1.71 bits per heavy atom. The van der Waals surface area contributed by atoms with Gasteiger partial charge in [0.1, 0.15) is 5.82 Å². The van der Waals surface area contributed by atoms with Crippen LogP contribution in [0.3, 0.4) is 0 Å². The van der Waals surface area contributed by atoms with Gasteiger partial charge in [0.05, 0.1) is 18.4 Å². The van der Waals surface area contributed by atoms with Crippen molar-refractivity contribution in [1.82, 2.24) is 29.7 Å². The number of H-pyrrole nitrogens is 1. The van der Waals surface area contributed by atoms with Crippen molar-refractivity contribution >= 4 is 0 Å². The minimum Gasteiger partial charge on any atom is -0.467 e. The molecule has 0 fully saturated rings. The molecule has 0 aliphatic carbocycles. The number of benzene rings is 1. The van der Waals surface area contributed by atoms with Gasteiger partial charge in [-0.15, -0.1) is 0 Å². The molecule has 7 heteroatoms. The van der Waals surface area contributed by atoms with Crippen molar-refractivity contribution in [2.45, 2.75) is 0 Å². The van der Waals surface area contributed by atoms with E-state index in [-0.39, 0.29) is 0 Å². The van der Waals surface area contributed by atoms with Crippen LogP contribution in [0.5, 0.6) is 6.01 Å². The van der Waals surface area contributed by atoms with E-state index in [1.807, 2.05) is 41.1 Å². The fourth-order valence-corrected chi connectivity index (χ4v) is 2.48. The molecule has 4 rings (SSSR count). The van der Waals surface area contributed by atoms with Gasteiger partial charge in [0.2, 0.25) is 0 Å². The van der Waals surface area contributed by atoms with E-state index in [0.29, 0.717) is 6.01 Å². The summed E-state index contributed by atoms with van der Waals surface area (Å²) in [5.74, 6) is 0.770. The summed E-state index contributed by atoms with van der Waals surface area (Å²) in [7, 11) is 1.54. The average Bonchev–Trinajstić information content (AvgIpc) is 3.34. The third kappa shape index (κ3) is 2.52. The zero-order valence-electron chi connectivity index (χ0n) is 12.9. The van der Waals surface area contributed by atoms with Crippen molar-refractivity contribution in [3.63, 3.8) is 0 Å². The Morgan fingerprint density at radius 3 is 2.38 bits per heavy atom. The monoisotopic (exact) mass is 318 g/mol. The second kappa shape index (κ2) is 5.96. The lowest BCUT2D eigenvalue weighted by Crippen LogP contribution is -1.98. The van der Waals surface area contributed by atoms with Gasteiger partial charge < -0.3 is 4.74 Å². The summed E-state index contributed by atoms with van der Waals surface area (Å²) in [6.45, 7) is 0. The highest BCUT2D eigenvalue weighted by Gasteiger charge is 2.09. The Balaban J connectivity index is 1.69. The Kier molecular flexibility index (Phi) is 3.51. The van der Waals surface area contributed by atoms with Crippen molar-refractivity contribution < 1.29 is 4.74 Å². The van der Waals surface area contributed by atoms with Crippen LogP contribution in [0, 0.1) is 0 Å². The average molecular weight is 318 g/mol. The molecule has 24 heavy (non-hydrogen) atoms. The molecular formula is C17H14N6O. The normalized spacial score (nSPS) is 10.7. The van der Waals surface area contributed by atoms with Gasteiger partial charge in [0.15, 0.2) is 0 Å². The first-order chi connectivity index (χ1) is 11.8. The number of ether oxygens (including phenoxy) is 1. The lowest BCUT2D eigenvalue weighted by Gasteiger charge is -2.08. The lowest BCUT2D eigenvalue weighted by atomic mass is 10.1. The molecule has 0 spiro atoms. The van der Waals surface area contributed by atoms with E-state index < -0.39 is 0 Å². The number of aromatic amines is 1. The molecule has 0 aliphatic heterocycles. The molecule has 0 bridgehead atoms. The van der Waals surface area contributed by atoms with Crippen LogP contribution in [-0.2, 0) is 0 Å². The van der Waals surface area contributed by atoms with Crippen LogP contribution in [-0.4, -0.2) is 36.8 Å². The van der Waals surface area contributed by atoms with Gasteiger partial charge in [-0.3, -0.25) is 9.67 Å². The number of methoxy groups -OCH3 is 1. The lowest BCUT2D eigenvalue weighted by molar-refractivity contribution is 0.380. The maximum Gasteiger partial charge on any atom is 0.316 e. The van der Waals surface area contributed by atoms with Crippen LogP contribution >= 0.6 is 0 Å². The molecule has 0 saturated carbocycles. The summed E-state index contributed by atoms with van der Waals surface area (Å²) >= 11 is 0. The third-order valence-corrected chi connectivity index (χ3v) is 3.67. The second-order valence-corrected chi connectivity index (χ2v) is 5.10. The van der Waals surface area contributed by atoms with Gasteiger partial charge in [0.25, 0.3) is 0 Å². The molecule has 0 amide bonds. The molecule has 4 aromatic rings. The molecule has 3 heterocycles. The van der Waals surface area contributed by atoms with Crippen LogP contribution in [0.15, 0.2) is 61.3 Å². The summed E-state index contributed by atoms with van der Waals surface area (Å²) in [5.41, 5.74) is 3.88. The standard InChI is InChI=1S/C17H14N6O/c1-24-17-19-10-13(11-20-17)16-18-8-9-23(16)14-4-2-12(3-5-14)15-6-7-21-22-15/h2-11H,1H3,(H,21,22). The molecule has 0 aliphatic rings. The van der Waals surface area contributed by atoms with E-state index in [2.05, 4.69) is 25.1 Å². The van der Waals surface area contributed by atoms with Gasteiger partial charge in [0, 0.05) is 36.7 Å². The summed E-state index contributed by atoms with van der Waals surface area (Å²) < 4.78 is 6.98. The highest BCUT2D eigenvalue weighted by atomic mass is 16.5. The first-order valence-electron chi connectivity index (χ1n) is 7.35. The SMILES string of the molecule is COc1ncc(-c2nccn2-c2ccc(-c3ccn[nH]3)cc2)cn1. The first-order valence-corrected chi connectivity index (χ1v) is 7.35. The van der Waals surface area contributed by atoms with Gasteiger partial charge in [-0.1, -0.05) is 12.1 Å². The van der Waals surface area contributed by atoms with E-state index in [9.17, 15) is 0 Å². The van der Waals surface area contributed by atoms with Crippen molar-refractivity contribution in [2.75, 3.05) is 7.11 Å². The van der Waals surface area contributed by atoms with Crippen LogP contribution in [0.1, 0.15) is 0 Å². The summed E-state index contributed by atoms with van der Waals surface area (Å²) in [6.07, 6.45) is 8.79.